The van der Waals surface area contributed by atoms with Gasteiger partial charge in [-0.15, -0.1) is 11.3 Å². The maximum Gasteiger partial charge on any atom is 0.160 e. The Balaban J connectivity index is 1.01. The van der Waals surface area contributed by atoms with E-state index >= 15 is 0 Å². The van der Waals surface area contributed by atoms with Gasteiger partial charge in [-0.3, -0.25) is 0 Å². The number of benzene rings is 7. The second kappa shape index (κ2) is 13.5. The van der Waals surface area contributed by atoms with E-state index < -0.39 is 0 Å². The van der Waals surface area contributed by atoms with Gasteiger partial charge in [-0.1, -0.05) is 147 Å². The molecule has 2 aliphatic rings. The van der Waals surface area contributed by atoms with Crippen LogP contribution in [0, 0.1) is 11.3 Å². The number of fused-ring (bicyclic) bond motifs is 8. The minimum atomic E-state index is -0.0151. The molecule has 0 atom stereocenters. The van der Waals surface area contributed by atoms with E-state index in [0.717, 1.165) is 46.5 Å². The van der Waals surface area contributed by atoms with E-state index in [2.05, 4.69) is 140 Å². The molecule has 3 nitrogen and oxygen atoms in total. The maximum atomic E-state index is 9.80. The van der Waals surface area contributed by atoms with Crippen LogP contribution < -0.4 is 0 Å². The van der Waals surface area contributed by atoms with Crippen LogP contribution in [-0.2, 0) is 5.41 Å². The van der Waals surface area contributed by atoms with Gasteiger partial charge in [0.15, 0.2) is 5.82 Å². The molecule has 0 N–H and O–H groups in total. The van der Waals surface area contributed by atoms with Crippen molar-refractivity contribution in [2.24, 2.45) is 0 Å². The van der Waals surface area contributed by atoms with Crippen LogP contribution in [-0.4, -0.2) is 9.97 Å². The van der Waals surface area contributed by atoms with Crippen molar-refractivity contribution in [3.05, 3.63) is 180 Å². The zero-order chi connectivity index (χ0) is 37.9. The van der Waals surface area contributed by atoms with Crippen molar-refractivity contribution in [2.75, 3.05) is 0 Å². The number of aromatic nitrogens is 2. The molecule has 7 aromatic carbocycles. The zero-order valence-electron chi connectivity index (χ0n) is 31.4. The summed E-state index contributed by atoms with van der Waals surface area (Å²) in [6.45, 7) is 0. The van der Waals surface area contributed by atoms with Crippen molar-refractivity contribution in [3.8, 4) is 73.4 Å². The molecule has 0 saturated heterocycles. The fraction of sp³-hybridized carbons (Fsp3) is 0.113. The first kappa shape index (κ1) is 33.6. The lowest BCUT2D eigenvalue weighted by Crippen LogP contribution is -2.28. The highest BCUT2D eigenvalue weighted by Crippen LogP contribution is 2.56. The Morgan fingerprint density at radius 3 is 1.88 bits per heavy atom. The van der Waals surface area contributed by atoms with E-state index in [1.165, 1.54) is 83.9 Å². The summed E-state index contributed by atoms with van der Waals surface area (Å²) in [7, 11) is 0. The minimum Gasteiger partial charge on any atom is -0.228 e. The second-order valence-corrected chi connectivity index (χ2v) is 16.6. The molecule has 4 heteroatoms. The van der Waals surface area contributed by atoms with Crippen molar-refractivity contribution < 1.29 is 0 Å². The summed E-state index contributed by atoms with van der Waals surface area (Å²) in [4.78, 5) is 10.4. The quantitative estimate of drug-likeness (QED) is 0.176. The van der Waals surface area contributed by atoms with Gasteiger partial charge in [0, 0.05) is 42.3 Å². The molecule has 270 valence electrons. The molecule has 1 spiro atoms. The Morgan fingerprint density at radius 2 is 1.11 bits per heavy atom. The first-order valence-electron chi connectivity index (χ1n) is 19.9. The van der Waals surface area contributed by atoms with E-state index in [1.807, 2.05) is 41.7 Å². The summed E-state index contributed by atoms with van der Waals surface area (Å²) >= 11 is 1.84. The normalized spacial score (nSPS) is 14.1. The molecule has 9 aromatic rings. The van der Waals surface area contributed by atoms with Crippen LogP contribution in [0.1, 0.15) is 48.8 Å². The Bertz CT molecular complexity index is 3040. The predicted octanol–water partition coefficient (Wildman–Crippen LogP) is 14.3. The highest BCUT2D eigenvalue weighted by atomic mass is 32.1. The summed E-state index contributed by atoms with van der Waals surface area (Å²) in [5, 5.41) is 12.3. The van der Waals surface area contributed by atoms with Crippen molar-refractivity contribution in [2.45, 2.75) is 37.5 Å². The predicted molar refractivity (Wildman–Crippen MR) is 236 cm³/mol. The van der Waals surface area contributed by atoms with Crippen molar-refractivity contribution >= 4 is 31.5 Å². The van der Waals surface area contributed by atoms with Gasteiger partial charge in [0.25, 0.3) is 0 Å². The molecular formula is C53H37N3S. The minimum absolute atomic E-state index is 0.0151. The van der Waals surface area contributed by atoms with Gasteiger partial charge in [-0.25, -0.2) is 9.97 Å². The molecule has 0 bridgehead atoms. The van der Waals surface area contributed by atoms with Crippen LogP contribution in [0.25, 0.3) is 87.5 Å². The zero-order valence-corrected chi connectivity index (χ0v) is 32.2. The Hall–Kier alpha value is -6.67. The van der Waals surface area contributed by atoms with Crippen LogP contribution in [0.2, 0.25) is 0 Å². The summed E-state index contributed by atoms with van der Waals surface area (Å²) in [5.41, 5.74) is 16.0. The topological polar surface area (TPSA) is 49.6 Å². The van der Waals surface area contributed by atoms with Gasteiger partial charge in [0.2, 0.25) is 0 Å². The van der Waals surface area contributed by atoms with E-state index in [-0.39, 0.29) is 5.41 Å². The van der Waals surface area contributed by atoms with Crippen LogP contribution in [0.5, 0.6) is 0 Å². The first-order chi connectivity index (χ1) is 28.1. The van der Waals surface area contributed by atoms with Crippen LogP contribution in [0.4, 0.5) is 0 Å². The molecule has 0 unspecified atom stereocenters. The van der Waals surface area contributed by atoms with E-state index in [0.29, 0.717) is 5.82 Å². The molecule has 1 saturated carbocycles. The third kappa shape index (κ3) is 5.61. The molecule has 2 heterocycles. The third-order valence-electron chi connectivity index (χ3n) is 12.3. The largest absolute Gasteiger partial charge is 0.228 e. The van der Waals surface area contributed by atoms with Crippen molar-refractivity contribution in [1.29, 1.82) is 5.26 Å². The Kier molecular flexibility index (Phi) is 7.98. The molecule has 0 aliphatic heterocycles. The monoisotopic (exact) mass is 747 g/mol. The maximum absolute atomic E-state index is 9.80. The average Bonchev–Trinajstić information content (AvgIpc) is 3.79. The molecule has 11 rings (SSSR count). The SMILES string of the molecule is N#Cc1ccc2c(c1)C1(CCCCC1)c1cc(-c3ccc4sc5c(-c6cc(-c7ccc(-c8ccccc8)cc7)nc(-c7ccccc7)n6)cccc5c4c3)ccc1-2. The van der Waals surface area contributed by atoms with Gasteiger partial charge >= 0.3 is 0 Å². The van der Waals surface area contributed by atoms with Gasteiger partial charge in [-0.05, 0) is 93.7 Å². The molecule has 2 aromatic heterocycles. The molecule has 1 fully saturated rings. The van der Waals surface area contributed by atoms with E-state index in [1.54, 1.807) is 0 Å². The fourth-order valence-electron chi connectivity index (χ4n) is 9.53. The lowest BCUT2D eigenvalue weighted by atomic mass is 9.67. The molecule has 0 amide bonds. The third-order valence-corrected chi connectivity index (χ3v) is 13.6. The molecule has 57 heavy (non-hydrogen) atoms. The summed E-state index contributed by atoms with van der Waals surface area (Å²) in [6.07, 6.45) is 5.99. The number of hydrogen-bond donors (Lipinski definition) is 0. The van der Waals surface area contributed by atoms with E-state index in [9.17, 15) is 5.26 Å². The molecular weight excluding hydrogens is 711 g/mol. The van der Waals surface area contributed by atoms with Crippen molar-refractivity contribution in [3.63, 3.8) is 0 Å². The number of hydrogen-bond acceptors (Lipinski definition) is 4. The van der Waals surface area contributed by atoms with Crippen LogP contribution in [0.15, 0.2) is 164 Å². The number of rotatable bonds is 5. The molecule has 2 aliphatic carbocycles. The summed E-state index contributed by atoms with van der Waals surface area (Å²) in [6, 6.07) is 61.1. The van der Waals surface area contributed by atoms with Gasteiger partial charge in [0.05, 0.1) is 23.0 Å². The van der Waals surface area contributed by atoms with Gasteiger partial charge in [-0.2, -0.15) is 5.26 Å². The number of nitriles is 1. The highest BCUT2D eigenvalue weighted by molar-refractivity contribution is 7.26. The Labute approximate surface area is 336 Å². The van der Waals surface area contributed by atoms with Gasteiger partial charge < -0.3 is 0 Å². The molecule has 0 radical (unpaired) electrons. The standard InChI is InChI=1S/C53H37N3S/c54-33-34-17-24-41-42-25-22-40(31-47(42)53(46(41)29-34)27-8-3-9-28-53)39-23-26-50-45(30-39)43-15-10-16-44(51(43)57-50)49-32-48(55-52(56-49)38-13-6-2-7-14-38)37-20-18-36(19-21-37)35-11-4-1-5-12-35/h1-2,4-7,10-26,29-32H,3,8-9,27-28H2. The second-order valence-electron chi connectivity index (χ2n) is 15.5. The van der Waals surface area contributed by atoms with Crippen molar-refractivity contribution in [1.82, 2.24) is 9.97 Å². The van der Waals surface area contributed by atoms with Gasteiger partial charge in [0.1, 0.15) is 0 Å². The lowest BCUT2D eigenvalue weighted by Gasteiger charge is -2.36. The van der Waals surface area contributed by atoms with Crippen LogP contribution >= 0.6 is 11.3 Å². The Morgan fingerprint density at radius 1 is 0.474 bits per heavy atom. The highest BCUT2D eigenvalue weighted by Gasteiger charge is 2.44. The smallest absolute Gasteiger partial charge is 0.160 e. The fourth-order valence-corrected chi connectivity index (χ4v) is 10.7. The van der Waals surface area contributed by atoms with E-state index in [4.69, 9.17) is 9.97 Å². The first-order valence-corrected chi connectivity index (χ1v) is 20.7. The summed E-state index contributed by atoms with van der Waals surface area (Å²) < 4.78 is 2.49. The lowest BCUT2D eigenvalue weighted by molar-refractivity contribution is 0.353. The number of nitrogens with zero attached hydrogens (tertiary/aromatic N) is 3. The summed E-state index contributed by atoms with van der Waals surface area (Å²) in [5.74, 6) is 0.717. The van der Waals surface area contributed by atoms with Crippen LogP contribution in [0.3, 0.4) is 0 Å². The average molecular weight is 748 g/mol. The number of thiophene rings is 1.